The summed E-state index contributed by atoms with van der Waals surface area (Å²) in [6, 6.07) is 6.04. The Morgan fingerprint density at radius 2 is 2.29 bits per heavy atom. The first kappa shape index (κ1) is 10.5. The third kappa shape index (κ3) is 2.74. The molecule has 1 rings (SSSR count). The Kier molecular flexibility index (Phi) is 3.93. The van der Waals surface area contributed by atoms with E-state index in [0.29, 0.717) is 12.2 Å². The molecule has 0 amide bonds. The molecular weight excluding hydrogens is 181 g/mol. The maximum absolute atomic E-state index is 13.1. The van der Waals surface area contributed by atoms with Gasteiger partial charge in [-0.1, -0.05) is 13.3 Å². The highest BCUT2D eigenvalue weighted by Crippen LogP contribution is 2.18. The molecule has 0 atom stereocenters. The first-order valence-corrected chi connectivity index (χ1v) is 4.60. The summed E-state index contributed by atoms with van der Waals surface area (Å²) in [6.45, 7) is 2.52. The number of ether oxygens (including phenoxy) is 1. The van der Waals surface area contributed by atoms with Gasteiger partial charge in [-0.3, -0.25) is 0 Å². The molecule has 14 heavy (non-hydrogen) atoms. The van der Waals surface area contributed by atoms with Crippen molar-refractivity contribution < 1.29 is 9.13 Å². The highest BCUT2D eigenvalue weighted by molar-refractivity contribution is 5.37. The van der Waals surface area contributed by atoms with Crippen LogP contribution in [-0.2, 0) is 0 Å². The number of hydrogen-bond acceptors (Lipinski definition) is 2. The van der Waals surface area contributed by atoms with Crippen LogP contribution in [0.3, 0.4) is 0 Å². The van der Waals surface area contributed by atoms with E-state index in [1.54, 1.807) is 0 Å². The Labute approximate surface area is 82.9 Å². The van der Waals surface area contributed by atoms with Crippen LogP contribution in [0.1, 0.15) is 25.3 Å². The Hall–Kier alpha value is -1.56. The number of unbranched alkanes of at least 4 members (excludes halogenated alkanes) is 1. The summed E-state index contributed by atoms with van der Waals surface area (Å²) in [5, 5.41) is 8.60. The fourth-order valence-electron chi connectivity index (χ4n) is 1.01. The SMILES string of the molecule is CCCCOc1cc(C#N)ccc1F. The predicted octanol–water partition coefficient (Wildman–Crippen LogP) is 2.88. The molecule has 74 valence electrons. The smallest absolute Gasteiger partial charge is 0.165 e. The van der Waals surface area contributed by atoms with Crippen molar-refractivity contribution in [3.05, 3.63) is 29.6 Å². The van der Waals surface area contributed by atoms with Crippen molar-refractivity contribution in [2.75, 3.05) is 6.61 Å². The lowest BCUT2D eigenvalue weighted by Gasteiger charge is -2.06. The summed E-state index contributed by atoms with van der Waals surface area (Å²) in [7, 11) is 0. The van der Waals surface area contributed by atoms with Crippen molar-refractivity contribution in [2.24, 2.45) is 0 Å². The minimum atomic E-state index is -0.417. The van der Waals surface area contributed by atoms with Gasteiger partial charge in [0.2, 0.25) is 0 Å². The molecule has 0 bridgehead atoms. The van der Waals surface area contributed by atoms with Gasteiger partial charge < -0.3 is 4.74 Å². The normalized spacial score (nSPS) is 9.50. The van der Waals surface area contributed by atoms with Gasteiger partial charge in [0.15, 0.2) is 11.6 Å². The largest absolute Gasteiger partial charge is 0.490 e. The summed E-state index contributed by atoms with van der Waals surface area (Å²) in [5.74, 6) is -0.252. The molecule has 1 aromatic carbocycles. The standard InChI is InChI=1S/C11H12FNO/c1-2-3-6-14-11-7-9(8-13)4-5-10(11)12/h4-5,7H,2-3,6H2,1H3. The molecule has 0 fully saturated rings. The number of halogens is 1. The van der Waals surface area contributed by atoms with E-state index < -0.39 is 5.82 Å². The fraction of sp³-hybridized carbons (Fsp3) is 0.364. The summed E-state index contributed by atoms with van der Waals surface area (Å²) in [6.07, 6.45) is 1.88. The third-order valence-corrected chi connectivity index (χ3v) is 1.82. The van der Waals surface area contributed by atoms with Crippen LogP contribution in [0.4, 0.5) is 4.39 Å². The maximum atomic E-state index is 13.1. The molecule has 0 N–H and O–H groups in total. The van der Waals surface area contributed by atoms with E-state index in [1.807, 2.05) is 13.0 Å². The first-order chi connectivity index (χ1) is 6.77. The highest BCUT2D eigenvalue weighted by atomic mass is 19.1. The van der Waals surface area contributed by atoms with Crippen LogP contribution in [0, 0.1) is 17.1 Å². The van der Waals surface area contributed by atoms with Gasteiger partial charge in [0.25, 0.3) is 0 Å². The van der Waals surface area contributed by atoms with Gasteiger partial charge >= 0.3 is 0 Å². The second-order valence-electron chi connectivity index (χ2n) is 2.96. The van der Waals surface area contributed by atoms with Crippen LogP contribution < -0.4 is 4.74 Å². The molecule has 0 heterocycles. The second-order valence-corrected chi connectivity index (χ2v) is 2.96. The number of hydrogen-bond donors (Lipinski definition) is 0. The molecule has 0 aliphatic rings. The fourth-order valence-corrected chi connectivity index (χ4v) is 1.01. The Balaban J connectivity index is 2.70. The van der Waals surface area contributed by atoms with Crippen molar-refractivity contribution in [2.45, 2.75) is 19.8 Å². The molecule has 0 aliphatic heterocycles. The monoisotopic (exact) mass is 193 g/mol. The lowest BCUT2D eigenvalue weighted by Crippen LogP contribution is -1.98. The average molecular weight is 193 g/mol. The minimum absolute atomic E-state index is 0.164. The van der Waals surface area contributed by atoms with Gasteiger partial charge in [-0.2, -0.15) is 5.26 Å². The molecule has 0 radical (unpaired) electrons. The van der Waals surface area contributed by atoms with Crippen LogP contribution >= 0.6 is 0 Å². The van der Waals surface area contributed by atoms with Crippen LogP contribution in [0.2, 0.25) is 0 Å². The van der Waals surface area contributed by atoms with E-state index in [2.05, 4.69) is 0 Å². The van der Waals surface area contributed by atoms with Crippen LogP contribution in [0.25, 0.3) is 0 Å². The molecule has 0 saturated heterocycles. The van der Waals surface area contributed by atoms with Gasteiger partial charge in [-0.05, 0) is 18.6 Å². The first-order valence-electron chi connectivity index (χ1n) is 4.60. The summed E-state index contributed by atoms with van der Waals surface area (Å²) < 4.78 is 18.3. The van der Waals surface area contributed by atoms with Crippen LogP contribution in [0.5, 0.6) is 5.75 Å². The predicted molar refractivity (Wildman–Crippen MR) is 51.5 cm³/mol. The lowest BCUT2D eigenvalue weighted by atomic mass is 10.2. The van der Waals surface area contributed by atoms with Gasteiger partial charge in [0.1, 0.15) is 0 Å². The summed E-state index contributed by atoms with van der Waals surface area (Å²) in [4.78, 5) is 0. The van der Waals surface area contributed by atoms with E-state index in [-0.39, 0.29) is 5.75 Å². The summed E-state index contributed by atoms with van der Waals surface area (Å²) >= 11 is 0. The molecule has 2 nitrogen and oxygen atoms in total. The van der Waals surface area contributed by atoms with Gasteiger partial charge in [-0.15, -0.1) is 0 Å². The van der Waals surface area contributed by atoms with Gasteiger partial charge in [0.05, 0.1) is 18.2 Å². The number of rotatable bonds is 4. The maximum Gasteiger partial charge on any atom is 0.165 e. The zero-order chi connectivity index (χ0) is 10.4. The Morgan fingerprint density at radius 3 is 2.93 bits per heavy atom. The van der Waals surface area contributed by atoms with Crippen molar-refractivity contribution in [3.8, 4) is 11.8 Å². The zero-order valence-electron chi connectivity index (χ0n) is 8.09. The summed E-state index contributed by atoms with van der Waals surface area (Å²) in [5.41, 5.74) is 0.415. The van der Waals surface area contributed by atoms with Crippen molar-refractivity contribution in [1.29, 1.82) is 5.26 Å². The van der Waals surface area contributed by atoms with Gasteiger partial charge in [-0.25, -0.2) is 4.39 Å². The van der Waals surface area contributed by atoms with E-state index in [9.17, 15) is 4.39 Å². The molecule has 0 aromatic heterocycles. The van der Waals surface area contributed by atoms with Crippen LogP contribution in [-0.4, -0.2) is 6.61 Å². The Bertz CT molecular complexity index is 344. The van der Waals surface area contributed by atoms with Crippen molar-refractivity contribution >= 4 is 0 Å². The molecule has 0 saturated carbocycles. The van der Waals surface area contributed by atoms with Crippen LogP contribution in [0.15, 0.2) is 18.2 Å². The minimum Gasteiger partial charge on any atom is -0.490 e. The third-order valence-electron chi connectivity index (χ3n) is 1.82. The number of nitrogens with zero attached hydrogens (tertiary/aromatic N) is 1. The second kappa shape index (κ2) is 5.23. The quantitative estimate of drug-likeness (QED) is 0.689. The molecule has 1 aromatic rings. The average Bonchev–Trinajstić information content (AvgIpc) is 2.21. The zero-order valence-corrected chi connectivity index (χ0v) is 8.09. The highest BCUT2D eigenvalue weighted by Gasteiger charge is 2.03. The van der Waals surface area contributed by atoms with Crippen molar-refractivity contribution in [1.82, 2.24) is 0 Å². The molecule has 0 aliphatic carbocycles. The van der Waals surface area contributed by atoms with E-state index >= 15 is 0 Å². The molecular formula is C11H12FNO. The van der Waals surface area contributed by atoms with E-state index in [0.717, 1.165) is 12.8 Å². The topological polar surface area (TPSA) is 33.0 Å². The van der Waals surface area contributed by atoms with E-state index in [1.165, 1.54) is 18.2 Å². The molecule has 0 unspecified atom stereocenters. The molecule has 3 heteroatoms. The van der Waals surface area contributed by atoms with E-state index in [4.69, 9.17) is 10.00 Å². The lowest BCUT2D eigenvalue weighted by molar-refractivity contribution is 0.294. The molecule has 0 spiro atoms. The Morgan fingerprint density at radius 1 is 1.50 bits per heavy atom. The number of benzene rings is 1. The van der Waals surface area contributed by atoms with Gasteiger partial charge in [0, 0.05) is 6.07 Å². The number of nitriles is 1. The van der Waals surface area contributed by atoms with Crippen molar-refractivity contribution in [3.63, 3.8) is 0 Å².